The number of nitrogens with zero attached hydrogens (tertiary/aromatic N) is 6. The third-order valence-electron chi connectivity index (χ3n) is 7.50. The smallest absolute Gasteiger partial charge is 0.226 e. The van der Waals surface area contributed by atoms with Gasteiger partial charge in [-0.3, -0.25) is 4.98 Å². The van der Waals surface area contributed by atoms with Crippen molar-refractivity contribution in [2.75, 3.05) is 37.8 Å². The molecule has 2 aliphatic rings. The fraction of sp³-hybridized carbons (Fsp3) is 0.385. The van der Waals surface area contributed by atoms with E-state index in [4.69, 9.17) is 32.0 Å². The summed E-state index contributed by atoms with van der Waals surface area (Å²) in [5.74, 6) is 0.614. The molecule has 2 aliphatic heterocycles. The third-order valence-corrected chi connectivity index (χ3v) is 8.90. The minimum Gasteiger partial charge on any atom is -0.389 e. The summed E-state index contributed by atoms with van der Waals surface area (Å²) in [6, 6.07) is 2.40. The second-order valence-corrected chi connectivity index (χ2v) is 11.4. The summed E-state index contributed by atoms with van der Waals surface area (Å²) in [6.45, 7) is 4.77. The van der Waals surface area contributed by atoms with Crippen molar-refractivity contribution < 1.29 is 9.13 Å². The Hall–Kier alpha value is -3.10. The van der Waals surface area contributed by atoms with Crippen molar-refractivity contribution >= 4 is 54.9 Å². The van der Waals surface area contributed by atoms with Crippen LogP contribution < -0.4 is 10.6 Å². The molecule has 6 rings (SSSR count). The molecule has 190 valence electrons. The Morgan fingerprint density at radius 1 is 1.30 bits per heavy atom. The molecule has 0 amide bonds. The molecule has 1 aromatic carbocycles. The molecule has 1 saturated heterocycles. The summed E-state index contributed by atoms with van der Waals surface area (Å²) >= 11 is 8.13. The zero-order valence-corrected chi connectivity index (χ0v) is 22.3. The summed E-state index contributed by atoms with van der Waals surface area (Å²) < 4.78 is 20.8. The van der Waals surface area contributed by atoms with E-state index in [1.807, 2.05) is 6.20 Å². The van der Waals surface area contributed by atoms with Gasteiger partial charge < -0.3 is 20.3 Å². The molecule has 5 heterocycles. The largest absolute Gasteiger partial charge is 0.389 e. The SMILES string of the molecule is C[C@H]1[C@@H](CN(C)C)CCN1c1ncc2c3c(c(-c4ncc(F)c5sc(N)c(C#N)c45)c(Cl)c2n1)COC3. The van der Waals surface area contributed by atoms with E-state index in [1.165, 1.54) is 0 Å². The molecule has 3 aromatic heterocycles. The second-order valence-electron chi connectivity index (χ2n) is 9.93. The number of pyridine rings is 1. The fourth-order valence-electron chi connectivity index (χ4n) is 5.68. The maximum atomic E-state index is 14.7. The zero-order valence-electron chi connectivity index (χ0n) is 20.7. The highest BCUT2D eigenvalue weighted by molar-refractivity contribution is 7.23. The van der Waals surface area contributed by atoms with Crippen LogP contribution in [0, 0.1) is 23.1 Å². The number of nitrogens with two attached hydrogens (primary N) is 1. The number of rotatable bonds is 4. The topological polar surface area (TPSA) is 104 Å². The standard InChI is InChI=1S/C26H25ClFN7OS/c1-12-13(9-34(2)3)4-5-35(12)26-32-7-15-16-10-36-11-17(16)19(21(27)22(15)33-26)23-20-14(6-29)25(30)37-24(20)18(28)8-31-23/h7-8,12-13H,4-5,9-11,30H2,1-3H3/t12-,13+/m0/s1. The normalized spacial score (nSPS) is 19.3. The Kier molecular flexibility index (Phi) is 5.92. The van der Waals surface area contributed by atoms with E-state index in [2.05, 4.69) is 41.9 Å². The number of hydrogen-bond acceptors (Lipinski definition) is 9. The predicted octanol–water partition coefficient (Wildman–Crippen LogP) is 4.96. The van der Waals surface area contributed by atoms with Gasteiger partial charge in [0.15, 0.2) is 5.82 Å². The molecule has 8 nitrogen and oxygen atoms in total. The van der Waals surface area contributed by atoms with E-state index in [1.54, 1.807) is 0 Å². The quantitative estimate of drug-likeness (QED) is 0.389. The fourth-order valence-corrected chi connectivity index (χ4v) is 6.94. The maximum absolute atomic E-state index is 14.7. The molecule has 1 fully saturated rings. The minimum absolute atomic E-state index is 0.201. The lowest BCUT2D eigenvalue weighted by Crippen LogP contribution is -2.35. The lowest BCUT2D eigenvalue weighted by Gasteiger charge is -2.26. The summed E-state index contributed by atoms with van der Waals surface area (Å²) in [6.07, 6.45) is 4.04. The Balaban J connectivity index is 1.57. The van der Waals surface area contributed by atoms with Gasteiger partial charge in [0.1, 0.15) is 11.1 Å². The monoisotopic (exact) mass is 537 g/mol. The molecule has 0 radical (unpaired) electrons. The van der Waals surface area contributed by atoms with Gasteiger partial charge in [-0.25, -0.2) is 14.4 Å². The van der Waals surface area contributed by atoms with Crippen LogP contribution in [-0.2, 0) is 18.0 Å². The van der Waals surface area contributed by atoms with Crippen molar-refractivity contribution in [2.24, 2.45) is 5.92 Å². The number of ether oxygens (including phenoxy) is 1. The van der Waals surface area contributed by atoms with Gasteiger partial charge in [-0.15, -0.1) is 11.3 Å². The van der Waals surface area contributed by atoms with Crippen molar-refractivity contribution in [1.29, 1.82) is 5.26 Å². The van der Waals surface area contributed by atoms with Crippen LogP contribution in [0.2, 0.25) is 5.02 Å². The number of halogens is 2. The third kappa shape index (κ3) is 3.72. The van der Waals surface area contributed by atoms with Gasteiger partial charge in [0.2, 0.25) is 5.95 Å². The average molecular weight is 538 g/mol. The first kappa shape index (κ1) is 24.2. The van der Waals surface area contributed by atoms with Gasteiger partial charge in [0, 0.05) is 41.7 Å². The first-order chi connectivity index (χ1) is 17.8. The number of aromatic nitrogens is 3. The lowest BCUT2D eigenvalue weighted by atomic mass is 9.94. The minimum atomic E-state index is -0.526. The van der Waals surface area contributed by atoms with E-state index in [9.17, 15) is 9.65 Å². The highest BCUT2D eigenvalue weighted by Gasteiger charge is 2.34. The van der Waals surface area contributed by atoms with Crippen molar-refractivity contribution in [3.8, 4) is 17.3 Å². The van der Waals surface area contributed by atoms with Gasteiger partial charge >= 0.3 is 0 Å². The van der Waals surface area contributed by atoms with E-state index in [-0.39, 0.29) is 21.3 Å². The number of thiophene rings is 1. The predicted molar refractivity (Wildman–Crippen MR) is 144 cm³/mol. The molecule has 0 bridgehead atoms. The molecular formula is C26H25ClFN7OS. The van der Waals surface area contributed by atoms with Gasteiger partial charge in [0.25, 0.3) is 0 Å². The Morgan fingerprint density at radius 3 is 2.84 bits per heavy atom. The first-order valence-electron chi connectivity index (χ1n) is 12.1. The van der Waals surface area contributed by atoms with E-state index in [0.717, 1.165) is 53.6 Å². The van der Waals surface area contributed by atoms with Gasteiger partial charge in [-0.1, -0.05) is 11.6 Å². The Labute approximate surface area is 222 Å². The van der Waals surface area contributed by atoms with Crippen LogP contribution in [0.4, 0.5) is 15.3 Å². The van der Waals surface area contributed by atoms with Crippen molar-refractivity contribution in [2.45, 2.75) is 32.6 Å². The summed E-state index contributed by atoms with van der Waals surface area (Å²) in [4.78, 5) is 18.5. The van der Waals surface area contributed by atoms with Crippen molar-refractivity contribution in [3.05, 3.63) is 39.9 Å². The van der Waals surface area contributed by atoms with Crippen LogP contribution in [0.5, 0.6) is 0 Å². The van der Waals surface area contributed by atoms with Crippen LogP contribution in [-0.4, -0.2) is 53.1 Å². The van der Waals surface area contributed by atoms with E-state index < -0.39 is 5.82 Å². The van der Waals surface area contributed by atoms with Crippen molar-refractivity contribution in [3.63, 3.8) is 0 Å². The highest BCUT2D eigenvalue weighted by Crippen LogP contribution is 2.47. The number of fused-ring (bicyclic) bond motifs is 4. The van der Waals surface area contributed by atoms with Gasteiger partial charge in [0.05, 0.1) is 45.9 Å². The van der Waals surface area contributed by atoms with Gasteiger partial charge in [-0.2, -0.15) is 5.26 Å². The Morgan fingerprint density at radius 2 is 2.08 bits per heavy atom. The molecule has 37 heavy (non-hydrogen) atoms. The molecule has 4 aromatic rings. The number of hydrogen-bond donors (Lipinski definition) is 1. The first-order valence-corrected chi connectivity index (χ1v) is 13.3. The van der Waals surface area contributed by atoms with E-state index >= 15 is 0 Å². The maximum Gasteiger partial charge on any atom is 0.226 e. The van der Waals surface area contributed by atoms with E-state index in [0.29, 0.717) is 52.3 Å². The molecule has 0 aliphatic carbocycles. The van der Waals surface area contributed by atoms with Crippen LogP contribution in [0.3, 0.4) is 0 Å². The summed E-state index contributed by atoms with van der Waals surface area (Å²) in [5, 5.41) is 11.6. The molecule has 0 spiro atoms. The van der Waals surface area contributed by atoms with Crippen LogP contribution in [0.1, 0.15) is 30.0 Å². The summed E-state index contributed by atoms with van der Waals surface area (Å²) in [7, 11) is 4.18. The average Bonchev–Trinajstić information content (AvgIpc) is 3.58. The number of nitrogen functional groups attached to an aromatic ring is 1. The zero-order chi connectivity index (χ0) is 26.0. The van der Waals surface area contributed by atoms with Crippen molar-refractivity contribution in [1.82, 2.24) is 19.9 Å². The highest BCUT2D eigenvalue weighted by atomic mass is 35.5. The van der Waals surface area contributed by atoms with Gasteiger partial charge in [-0.05, 0) is 44.5 Å². The van der Waals surface area contributed by atoms with Crippen LogP contribution >= 0.6 is 22.9 Å². The van der Waals surface area contributed by atoms with Crippen LogP contribution in [0.25, 0.3) is 32.2 Å². The summed E-state index contributed by atoms with van der Waals surface area (Å²) in [5.41, 5.74) is 9.67. The molecule has 0 unspecified atom stereocenters. The molecular weight excluding hydrogens is 513 g/mol. The van der Waals surface area contributed by atoms with Crippen LogP contribution in [0.15, 0.2) is 12.4 Å². The number of benzene rings is 1. The molecule has 0 saturated carbocycles. The number of anilines is 2. The molecule has 2 atom stereocenters. The second kappa shape index (κ2) is 9.03. The molecule has 2 N–H and O–H groups in total. The molecule has 11 heteroatoms. The number of nitriles is 1. The Bertz CT molecular complexity index is 1620. The lowest BCUT2D eigenvalue weighted by molar-refractivity contribution is 0.135.